The molecule has 1 saturated heterocycles. The number of nitrogens with one attached hydrogen (secondary N) is 2. The Kier molecular flexibility index (Phi) is 6.68. The number of pyridine rings is 2. The quantitative estimate of drug-likeness (QED) is 0.385. The smallest absolute Gasteiger partial charge is 0.347 e. The second-order valence-electron chi connectivity index (χ2n) is 9.41. The standard InChI is InChI=1S/C27H27F3N6O/c1-3-10-36-14-21(19-6-4-5-7-22(19)27(28,29)30)23(15-36)33-26(37)18-12-20-24(34-35-25(20)32-13-18)17-8-9-31-16(2)11-17/h4-9,11-13,21,23H,3,10,14-15H2,1-2H3,(H,33,37)(H,32,34,35)/t21-,23+/m1/s1. The first-order valence-corrected chi connectivity index (χ1v) is 12.2. The molecule has 0 saturated carbocycles. The van der Waals surface area contributed by atoms with Gasteiger partial charge in [0.2, 0.25) is 0 Å². The van der Waals surface area contributed by atoms with Crippen LogP contribution >= 0.6 is 0 Å². The van der Waals surface area contributed by atoms with Crippen LogP contribution in [-0.4, -0.2) is 56.6 Å². The molecular weight excluding hydrogens is 481 g/mol. The Balaban J connectivity index is 1.45. The number of H-pyrrole nitrogens is 1. The highest BCUT2D eigenvalue weighted by atomic mass is 19.4. The SMILES string of the molecule is CCCN1C[C@H](NC(=O)c2cnc3[nH]nc(-c4ccnc(C)c4)c3c2)[C@@H](c2ccccc2C(F)(F)F)C1. The van der Waals surface area contributed by atoms with Crippen LogP contribution in [0.15, 0.2) is 54.9 Å². The van der Waals surface area contributed by atoms with Gasteiger partial charge in [-0.15, -0.1) is 0 Å². The first kappa shape index (κ1) is 24.9. The molecule has 4 aromatic rings. The number of rotatable bonds is 6. The Morgan fingerprint density at radius 1 is 1.16 bits per heavy atom. The predicted molar refractivity (Wildman–Crippen MR) is 134 cm³/mol. The Bertz CT molecular complexity index is 1430. The van der Waals surface area contributed by atoms with Gasteiger partial charge < -0.3 is 10.2 Å². The van der Waals surface area contributed by atoms with Crippen LogP contribution in [0.5, 0.6) is 0 Å². The van der Waals surface area contributed by atoms with Gasteiger partial charge in [0, 0.05) is 54.1 Å². The fraction of sp³-hybridized carbons (Fsp3) is 0.333. The van der Waals surface area contributed by atoms with E-state index in [2.05, 4.69) is 30.4 Å². The lowest BCUT2D eigenvalue weighted by Gasteiger charge is -2.23. The Labute approximate surface area is 212 Å². The highest BCUT2D eigenvalue weighted by Crippen LogP contribution is 2.38. The van der Waals surface area contributed by atoms with Gasteiger partial charge in [0.1, 0.15) is 5.69 Å². The zero-order chi connectivity index (χ0) is 26.2. The number of likely N-dealkylation sites (tertiary alicyclic amines) is 1. The van der Waals surface area contributed by atoms with Gasteiger partial charge in [-0.3, -0.25) is 14.9 Å². The number of halogens is 3. The van der Waals surface area contributed by atoms with E-state index in [-0.39, 0.29) is 11.5 Å². The summed E-state index contributed by atoms with van der Waals surface area (Å²) in [6.45, 7) is 5.56. The number of benzene rings is 1. The summed E-state index contributed by atoms with van der Waals surface area (Å²) >= 11 is 0. The molecule has 3 aromatic heterocycles. The molecule has 10 heteroatoms. The zero-order valence-electron chi connectivity index (χ0n) is 20.5. The number of hydrogen-bond acceptors (Lipinski definition) is 5. The van der Waals surface area contributed by atoms with E-state index in [0.29, 0.717) is 35.4 Å². The summed E-state index contributed by atoms with van der Waals surface area (Å²) in [7, 11) is 0. The fourth-order valence-electron chi connectivity index (χ4n) is 5.12. The van der Waals surface area contributed by atoms with Crippen LogP contribution in [-0.2, 0) is 6.18 Å². The third-order valence-electron chi connectivity index (χ3n) is 6.77. The Morgan fingerprint density at radius 3 is 2.73 bits per heavy atom. The second kappa shape index (κ2) is 9.93. The van der Waals surface area contributed by atoms with E-state index in [1.165, 1.54) is 18.3 Å². The van der Waals surface area contributed by atoms with Crippen molar-refractivity contribution in [2.24, 2.45) is 0 Å². The van der Waals surface area contributed by atoms with E-state index in [9.17, 15) is 18.0 Å². The number of aromatic nitrogens is 4. The van der Waals surface area contributed by atoms with Gasteiger partial charge in [0.25, 0.3) is 5.91 Å². The number of aromatic amines is 1. The van der Waals surface area contributed by atoms with E-state index in [0.717, 1.165) is 30.3 Å². The van der Waals surface area contributed by atoms with Crippen molar-refractivity contribution in [1.29, 1.82) is 0 Å². The molecule has 192 valence electrons. The van der Waals surface area contributed by atoms with Crippen molar-refractivity contribution in [1.82, 2.24) is 30.4 Å². The van der Waals surface area contributed by atoms with Crippen LogP contribution in [0.25, 0.3) is 22.3 Å². The minimum atomic E-state index is -4.47. The average molecular weight is 509 g/mol. The normalized spacial score (nSPS) is 18.4. The van der Waals surface area contributed by atoms with Gasteiger partial charge in [-0.25, -0.2) is 4.98 Å². The molecule has 0 bridgehead atoms. The first-order valence-electron chi connectivity index (χ1n) is 12.2. The van der Waals surface area contributed by atoms with Gasteiger partial charge >= 0.3 is 6.18 Å². The van der Waals surface area contributed by atoms with Crippen molar-refractivity contribution in [2.75, 3.05) is 19.6 Å². The number of hydrogen-bond donors (Lipinski definition) is 2. The lowest BCUT2D eigenvalue weighted by molar-refractivity contribution is -0.138. The maximum absolute atomic E-state index is 13.8. The van der Waals surface area contributed by atoms with E-state index in [4.69, 9.17) is 0 Å². The number of carbonyl (C=O) groups excluding carboxylic acids is 1. The Hall–Kier alpha value is -3.79. The zero-order valence-corrected chi connectivity index (χ0v) is 20.5. The maximum atomic E-state index is 13.8. The largest absolute Gasteiger partial charge is 0.416 e. The van der Waals surface area contributed by atoms with Gasteiger partial charge in [0.05, 0.1) is 11.1 Å². The molecule has 1 aliphatic heterocycles. The molecule has 5 rings (SSSR count). The van der Waals surface area contributed by atoms with Crippen molar-refractivity contribution in [3.8, 4) is 11.3 Å². The summed E-state index contributed by atoms with van der Waals surface area (Å²) in [6.07, 6.45) is -0.459. The molecule has 1 fully saturated rings. The van der Waals surface area contributed by atoms with E-state index in [1.807, 2.05) is 26.0 Å². The lowest BCUT2D eigenvalue weighted by atomic mass is 9.90. The molecule has 7 nitrogen and oxygen atoms in total. The van der Waals surface area contributed by atoms with Gasteiger partial charge in [-0.1, -0.05) is 25.1 Å². The third kappa shape index (κ3) is 5.06. The van der Waals surface area contributed by atoms with Crippen LogP contribution in [0, 0.1) is 6.92 Å². The minimum Gasteiger partial charge on any atom is -0.347 e. The molecule has 1 aliphatic rings. The topological polar surface area (TPSA) is 86.8 Å². The number of alkyl halides is 3. The van der Waals surface area contributed by atoms with Crippen molar-refractivity contribution < 1.29 is 18.0 Å². The number of nitrogens with zero attached hydrogens (tertiary/aromatic N) is 4. The molecule has 37 heavy (non-hydrogen) atoms. The molecule has 1 amide bonds. The molecule has 0 spiro atoms. The average Bonchev–Trinajstić information content (AvgIpc) is 3.47. The highest BCUT2D eigenvalue weighted by Gasteiger charge is 2.41. The lowest BCUT2D eigenvalue weighted by Crippen LogP contribution is -2.40. The molecular formula is C27H27F3N6O. The number of amides is 1. The predicted octanol–water partition coefficient (Wildman–Crippen LogP) is 4.95. The van der Waals surface area contributed by atoms with Crippen LogP contribution in [0.4, 0.5) is 13.2 Å². The molecule has 0 aliphatic carbocycles. The van der Waals surface area contributed by atoms with Crippen molar-refractivity contribution in [3.63, 3.8) is 0 Å². The molecule has 4 heterocycles. The van der Waals surface area contributed by atoms with E-state index < -0.39 is 23.7 Å². The number of aryl methyl sites for hydroxylation is 1. The molecule has 0 radical (unpaired) electrons. The van der Waals surface area contributed by atoms with Crippen molar-refractivity contribution in [3.05, 3.63) is 77.2 Å². The summed E-state index contributed by atoms with van der Waals surface area (Å²) in [4.78, 5) is 24.0. The van der Waals surface area contributed by atoms with Crippen LogP contribution in [0.3, 0.4) is 0 Å². The third-order valence-corrected chi connectivity index (χ3v) is 6.77. The summed E-state index contributed by atoms with van der Waals surface area (Å²) in [6, 6.07) is 10.6. The van der Waals surface area contributed by atoms with Gasteiger partial charge in [-0.05, 0) is 49.7 Å². The monoisotopic (exact) mass is 508 g/mol. The van der Waals surface area contributed by atoms with E-state index >= 15 is 0 Å². The van der Waals surface area contributed by atoms with Crippen molar-refractivity contribution in [2.45, 2.75) is 38.4 Å². The number of carbonyl (C=O) groups is 1. The molecule has 2 N–H and O–H groups in total. The summed E-state index contributed by atoms with van der Waals surface area (Å²) in [5, 5.41) is 10.9. The maximum Gasteiger partial charge on any atom is 0.416 e. The summed E-state index contributed by atoms with van der Waals surface area (Å²) in [5.41, 5.74) is 2.72. The Morgan fingerprint density at radius 2 is 1.97 bits per heavy atom. The summed E-state index contributed by atoms with van der Waals surface area (Å²) < 4.78 is 41.4. The molecule has 1 aromatic carbocycles. The molecule has 2 atom stereocenters. The van der Waals surface area contributed by atoms with Crippen LogP contribution in [0.2, 0.25) is 0 Å². The van der Waals surface area contributed by atoms with Gasteiger partial charge in [-0.2, -0.15) is 18.3 Å². The van der Waals surface area contributed by atoms with Crippen LogP contribution in [0.1, 0.15) is 46.4 Å². The highest BCUT2D eigenvalue weighted by molar-refractivity contribution is 6.00. The number of fused-ring (bicyclic) bond motifs is 1. The minimum absolute atomic E-state index is 0.206. The van der Waals surface area contributed by atoms with Crippen molar-refractivity contribution >= 4 is 16.9 Å². The fourth-order valence-corrected chi connectivity index (χ4v) is 5.12. The van der Waals surface area contributed by atoms with Gasteiger partial charge in [0.15, 0.2) is 5.65 Å². The van der Waals surface area contributed by atoms with E-state index in [1.54, 1.807) is 18.3 Å². The molecule has 0 unspecified atom stereocenters. The van der Waals surface area contributed by atoms with Crippen LogP contribution < -0.4 is 5.32 Å². The summed E-state index contributed by atoms with van der Waals surface area (Å²) in [5.74, 6) is -0.875. The second-order valence-corrected chi connectivity index (χ2v) is 9.41. The first-order chi connectivity index (χ1) is 17.7.